The number of carbonyl (C=O) groups excluding carboxylic acids is 1. The van der Waals surface area contributed by atoms with Gasteiger partial charge >= 0.3 is 0 Å². The number of carbonyl (C=O) groups is 1. The Hall–Kier alpha value is -2.22. The van der Waals surface area contributed by atoms with Crippen LogP contribution in [-0.4, -0.2) is 238 Å². The standard InChI is InChI=1S/C31H48NO23/c1-7-24(19(43)23(47)30(49-7)54-27-12(6-36)51-29(48)21(45)18(27)42)53-25-8(3-33)2-9(13(37)16(25)40)32-28-20(44)17(41)26(11(5-35)50-28)55-31-22(46)15(39)14(38)10(4-34)52-31/h2-3,9-24,26-32,34-48H,1,4-6H2/q+1/t9-,10+,11+,12+,13-,14+,15-,16+,17+,18+,19+,20+,21+,22+,23+,24+,26+,27+,28-,29+,30+,31+/m0/s1. The fraction of sp³-hybridized carbons (Fsp3) is 0.806. The normalized spacial score (nSPS) is 49.5. The van der Waals surface area contributed by atoms with Gasteiger partial charge in [0.1, 0.15) is 110 Å². The predicted molar refractivity (Wildman–Crippen MR) is 168 cm³/mol. The van der Waals surface area contributed by atoms with Crippen molar-refractivity contribution in [2.75, 3.05) is 19.8 Å². The molecule has 0 spiro atoms. The van der Waals surface area contributed by atoms with E-state index in [9.17, 15) is 81.4 Å². The molecule has 4 fully saturated rings. The molecule has 0 unspecified atom stereocenters. The molecule has 24 nitrogen and oxygen atoms in total. The highest BCUT2D eigenvalue weighted by Gasteiger charge is 2.55. The van der Waals surface area contributed by atoms with Crippen molar-refractivity contribution in [1.82, 2.24) is 5.32 Å². The van der Waals surface area contributed by atoms with Crippen LogP contribution in [0.3, 0.4) is 0 Å². The van der Waals surface area contributed by atoms with Gasteiger partial charge in [0.05, 0.1) is 19.8 Å². The zero-order valence-corrected chi connectivity index (χ0v) is 28.7. The van der Waals surface area contributed by atoms with E-state index in [1.165, 1.54) is 0 Å². The van der Waals surface area contributed by atoms with Crippen LogP contribution in [0.1, 0.15) is 0 Å². The molecule has 1 aliphatic carbocycles. The van der Waals surface area contributed by atoms with Gasteiger partial charge in [0, 0.05) is 6.42 Å². The van der Waals surface area contributed by atoms with Gasteiger partial charge in [0.2, 0.25) is 23.7 Å². The van der Waals surface area contributed by atoms with Gasteiger partial charge in [-0.3, -0.25) is 5.32 Å². The lowest BCUT2D eigenvalue weighted by atomic mass is 9.87. The molecule has 0 aromatic rings. The van der Waals surface area contributed by atoms with Crippen molar-refractivity contribution in [3.05, 3.63) is 30.1 Å². The minimum absolute atomic E-state index is 0.188. The fourth-order valence-corrected chi connectivity index (χ4v) is 6.78. The second-order valence-corrected chi connectivity index (χ2v) is 13.6. The number of hydrogen-bond acceptors (Lipinski definition) is 24. The summed E-state index contributed by atoms with van der Waals surface area (Å²) >= 11 is 0. The summed E-state index contributed by atoms with van der Waals surface area (Å²) in [6.45, 7) is 1.11. The summed E-state index contributed by atoms with van der Waals surface area (Å²) < 4.78 is 38.0. The molecule has 0 radical (unpaired) electrons. The van der Waals surface area contributed by atoms with Gasteiger partial charge in [-0.05, 0) is 0 Å². The molecule has 24 heteroatoms. The lowest BCUT2D eigenvalue weighted by molar-refractivity contribution is -0.343. The van der Waals surface area contributed by atoms with Crippen molar-refractivity contribution in [3.8, 4) is 0 Å². The summed E-state index contributed by atoms with van der Waals surface area (Å²) in [5.41, 5.74) is -0.433. The molecule has 0 aromatic carbocycles. The molecule has 16 N–H and O–H groups in total. The molecule has 4 saturated heterocycles. The molecule has 4 aliphatic heterocycles. The number of rotatable bonds is 12. The number of nitrogens with one attached hydrogen (secondary N) is 1. The molecule has 0 aromatic heterocycles. The highest BCUT2D eigenvalue weighted by Crippen LogP contribution is 2.35. The van der Waals surface area contributed by atoms with Crippen molar-refractivity contribution in [2.45, 2.75) is 135 Å². The Morgan fingerprint density at radius 3 is 1.80 bits per heavy atom. The minimum atomic E-state index is -2.07. The number of hydrogen-bond donors (Lipinski definition) is 16. The van der Waals surface area contributed by atoms with Crippen molar-refractivity contribution in [3.63, 3.8) is 0 Å². The first-order valence-electron chi connectivity index (χ1n) is 17.1. The van der Waals surface area contributed by atoms with Crippen molar-refractivity contribution >= 4 is 6.29 Å². The second-order valence-electron chi connectivity index (χ2n) is 13.6. The quantitative estimate of drug-likeness (QED) is 0.0643. The molecule has 5 rings (SSSR count). The smallest absolute Gasteiger partial charge is 0.260 e. The summed E-state index contributed by atoms with van der Waals surface area (Å²) in [4.78, 5) is 12.2. The summed E-state index contributed by atoms with van der Waals surface area (Å²) in [5.74, 6) is -1.10. The van der Waals surface area contributed by atoms with Crippen LogP contribution in [0, 0.1) is 6.42 Å². The van der Waals surface area contributed by atoms with E-state index in [1.807, 2.05) is 0 Å². The van der Waals surface area contributed by atoms with Crippen molar-refractivity contribution in [1.29, 1.82) is 0 Å². The van der Waals surface area contributed by atoms with E-state index in [2.05, 4.69) is 11.9 Å². The van der Waals surface area contributed by atoms with Crippen LogP contribution in [0.15, 0.2) is 23.7 Å². The van der Waals surface area contributed by atoms with Gasteiger partial charge in [-0.25, -0.2) is 4.79 Å². The molecule has 5 aliphatic rings. The molecular weight excluding hydrogens is 754 g/mol. The summed E-state index contributed by atoms with van der Waals surface area (Å²) in [5, 5.41) is 158. The van der Waals surface area contributed by atoms with Crippen molar-refractivity contribution < 1.29 is 115 Å². The number of ether oxygens (including phenoxy) is 7. The number of aliphatic hydroxyl groups is 15. The van der Waals surface area contributed by atoms with Crippen molar-refractivity contribution in [2.24, 2.45) is 0 Å². The van der Waals surface area contributed by atoms with Gasteiger partial charge in [-0.15, -0.1) is 0 Å². The van der Waals surface area contributed by atoms with Crippen LogP contribution in [0.4, 0.5) is 0 Å². The first-order chi connectivity index (χ1) is 26.0. The minimum Gasteiger partial charge on any atom is -0.463 e. The second kappa shape index (κ2) is 18.1. The Morgan fingerprint density at radius 1 is 0.636 bits per heavy atom. The fourth-order valence-electron chi connectivity index (χ4n) is 6.78. The van der Waals surface area contributed by atoms with E-state index in [0.29, 0.717) is 0 Å². The summed E-state index contributed by atoms with van der Waals surface area (Å²) in [6, 6.07) is -1.45. The van der Waals surface area contributed by atoms with Gasteiger partial charge < -0.3 is 110 Å². The van der Waals surface area contributed by atoms with Crippen LogP contribution in [0.25, 0.3) is 0 Å². The molecule has 314 valence electrons. The molecule has 55 heavy (non-hydrogen) atoms. The third kappa shape index (κ3) is 8.65. The van der Waals surface area contributed by atoms with Gasteiger partial charge in [-0.2, -0.15) is 0 Å². The molecular formula is C31H48NO23+. The maximum atomic E-state index is 12.2. The van der Waals surface area contributed by atoms with Crippen LogP contribution in [0.5, 0.6) is 0 Å². The summed E-state index contributed by atoms with van der Waals surface area (Å²) in [7, 11) is 0. The van der Waals surface area contributed by atoms with Gasteiger partial charge in [0.15, 0.2) is 18.7 Å². The highest BCUT2D eigenvalue weighted by atomic mass is 16.7. The zero-order chi connectivity index (χ0) is 40.6. The third-order valence-corrected chi connectivity index (χ3v) is 10.00. The highest BCUT2D eigenvalue weighted by molar-refractivity contribution is 5.78. The van der Waals surface area contributed by atoms with Crippen LogP contribution in [-0.2, 0) is 38.0 Å². The number of aliphatic hydroxyl groups excluding tert-OH is 15. The topological polar surface area (TPSA) is 397 Å². The third-order valence-electron chi connectivity index (χ3n) is 10.00. The average molecular weight is 803 g/mol. The SMILES string of the molecule is C=C1O[C@H](O[C@H]2[C@H](O)[C@@H](O)[C@H](O)O[C@@H]2CO)[C@H](O)[C@@H](O)[C@@H]1OC1=C(C=O)[CH+][C@H](N[C@H]2O[C@H](CO)[C@@H](O[C@H]3O[C@H](CO)[C@@H](O)[C@H](O)[C@H]3O)[C@H](O)[C@H]2O)[C@H](O)[C@H]1O. The lowest BCUT2D eigenvalue weighted by Gasteiger charge is -2.47. The van der Waals surface area contributed by atoms with E-state index in [-0.39, 0.29) is 6.29 Å². The van der Waals surface area contributed by atoms with Crippen LogP contribution in [0.2, 0.25) is 0 Å². The molecule has 0 amide bonds. The van der Waals surface area contributed by atoms with Crippen LogP contribution < -0.4 is 5.32 Å². The number of aldehydes is 1. The van der Waals surface area contributed by atoms with E-state index < -0.39 is 172 Å². The Labute approximate surface area is 311 Å². The molecule has 0 bridgehead atoms. The monoisotopic (exact) mass is 802 g/mol. The largest absolute Gasteiger partial charge is 0.463 e. The summed E-state index contributed by atoms with van der Waals surface area (Å²) in [6.07, 6.45) is -36.3. The molecule has 22 atom stereocenters. The first kappa shape index (κ1) is 43.9. The predicted octanol–water partition coefficient (Wildman–Crippen LogP) is -10.2. The Balaban J connectivity index is 1.24. The molecule has 4 heterocycles. The lowest BCUT2D eigenvalue weighted by Crippen LogP contribution is -2.68. The van der Waals surface area contributed by atoms with E-state index in [0.717, 1.165) is 6.42 Å². The average Bonchev–Trinajstić information content (AvgIpc) is 3.17. The van der Waals surface area contributed by atoms with E-state index in [1.54, 1.807) is 0 Å². The van der Waals surface area contributed by atoms with Gasteiger partial charge in [0.25, 0.3) is 6.29 Å². The Bertz CT molecular complexity index is 1340. The Kier molecular flexibility index (Phi) is 14.5. The van der Waals surface area contributed by atoms with E-state index in [4.69, 9.17) is 33.2 Å². The first-order valence-corrected chi connectivity index (χ1v) is 17.1. The maximum absolute atomic E-state index is 12.2. The van der Waals surface area contributed by atoms with Gasteiger partial charge in [-0.1, -0.05) is 6.58 Å². The Morgan fingerprint density at radius 2 is 1.20 bits per heavy atom. The zero-order valence-electron chi connectivity index (χ0n) is 28.7. The molecule has 0 saturated carbocycles. The van der Waals surface area contributed by atoms with E-state index >= 15 is 0 Å². The maximum Gasteiger partial charge on any atom is 0.260 e. The van der Waals surface area contributed by atoms with Crippen LogP contribution >= 0.6 is 0 Å².